The van der Waals surface area contributed by atoms with Gasteiger partial charge < -0.3 is 10.2 Å². The van der Waals surface area contributed by atoms with E-state index in [0.29, 0.717) is 12.4 Å². The number of halogens is 3. The Morgan fingerprint density at radius 1 is 1.00 bits per heavy atom. The van der Waals surface area contributed by atoms with Crippen molar-refractivity contribution in [3.63, 3.8) is 0 Å². The van der Waals surface area contributed by atoms with Crippen molar-refractivity contribution in [3.8, 4) is 0 Å². The van der Waals surface area contributed by atoms with E-state index in [2.05, 4.69) is 34.0 Å². The molecule has 0 saturated heterocycles. The molecule has 3 aromatic rings. The molecule has 0 saturated carbocycles. The highest BCUT2D eigenvalue weighted by Gasteiger charge is 2.30. The molecule has 0 aliphatic carbocycles. The highest BCUT2D eigenvalue weighted by atomic mass is 19.4. The van der Waals surface area contributed by atoms with Gasteiger partial charge in [-0.15, -0.1) is 0 Å². The summed E-state index contributed by atoms with van der Waals surface area (Å²) in [5, 5.41) is 2.87. The maximum atomic E-state index is 12.9. The average molecular weight is 386 g/mol. The summed E-state index contributed by atoms with van der Waals surface area (Å²) in [7, 11) is 0. The quantitative estimate of drug-likeness (QED) is 0.594. The van der Waals surface area contributed by atoms with E-state index in [1.807, 2.05) is 30.3 Å². The molecule has 4 nitrogen and oxygen atoms in total. The maximum Gasteiger partial charge on any atom is 0.416 e. The SMILES string of the molecule is CC(C)N(Cc1ccccc1)c1ccnc(Nc2cccc(C(F)(F)F)c2)n1. The molecule has 1 heterocycles. The van der Waals surface area contributed by atoms with Crippen LogP contribution in [0.5, 0.6) is 0 Å². The van der Waals surface area contributed by atoms with E-state index in [-0.39, 0.29) is 17.7 Å². The Hall–Kier alpha value is -3.09. The van der Waals surface area contributed by atoms with Crippen LogP contribution in [0.2, 0.25) is 0 Å². The Bertz CT molecular complexity index is 911. The number of benzene rings is 2. The minimum absolute atomic E-state index is 0.177. The van der Waals surface area contributed by atoms with E-state index in [1.165, 1.54) is 6.07 Å². The van der Waals surface area contributed by atoms with Crippen LogP contribution >= 0.6 is 0 Å². The first kappa shape index (κ1) is 19.7. The fourth-order valence-electron chi connectivity index (χ4n) is 2.78. The number of nitrogens with one attached hydrogen (secondary N) is 1. The monoisotopic (exact) mass is 386 g/mol. The molecule has 3 rings (SSSR count). The standard InChI is InChI=1S/C21H21F3N4/c1-15(2)28(14-16-7-4-3-5-8-16)19-11-12-25-20(27-19)26-18-10-6-9-17(13-18)21(22,23)24/h3-13,15H,14H2,1-2H3,(H,25,26,27). The zero-order chi connectivity index (χ0) is 20.1. The van der Waals surface area contributed by atoms with E-state index in [9.17, 15) is 13.2 Å². The minimum Gasteiger partial charge on any atom is -0.350 e. The number of aromatic nitrogens is 2. The van der Waals surface area contributed by atoms with Gasteiger partial charge in [0.2, 0.25) is 5.95 Å². The van der Waals surface area contributed by atoms with Crippen LogP contribution < -0.4 is 10.2 Å². The summed E-state index contributed by atoms with van der Waals surface area (Å²) in [6.45, 7) is 4.79. The first-order chi connectivity index (χ1) is 13.3. The molecule has 146 valence electrons. The van der Waals surface area contributed by atoms with Crippen LogP contribution in [0, 0.1) is 0 Å². The van der Waals surface area contributed by atoms with Crippen LogP contribution in [0.25, 0.3) is 0 Å². The van der Waals surface area contributed by atoms with Gasteiger partial charge in [0, 0.05) is 24.5 Å². The molecule has 0 aliphatic heterocycles. The van der Waals surface area contributed by atoms with E-state index < -0.39 is 11.7 Å². The zero-order valence-electron chi connectivity index (χ0n) is 15.6. The van der Waals surface area contributed by atoms with Gasteiger partial charge in [-0.25, -0.2) is 4.98 Å². The molecular formula is C21H21F3N4. The third kappa shape index (κ3) is 5.00. The Kier molecular flexibility index (Phi) is 5.82. The van der Waals surface area contributed by atoms with E-state index in [1.54, 1.807) is 18.3 Å². The van der Waals surface area contributed by atoms with Crippen molar-refractivity contribution in [2.45, 2.75) is 32.6 Å². The third-order valence-corrected chi connectivity index (χ3v) is 4.20. The maximum absolute atomic E-state index is 12.9. The highest BCUT2D eigenvalue weighted by molar-refractivity contribution is 5.56. The molecule has 0 fully saturated rings. The highest BCUT2D eigenvalue weighted by Crippen LogP contribution is 2.31. The number of anilines is 3. The number of hydrogen-bond donors (Lipinski definition) is 1. The Morgan fingerprint density at radius 2 is 1.75 bits per heavy atom. The molecule has 1 aromatic heterocycles. The van der Waals surface area contributed by atoms with Crippen LogP contribution in [0.4, 0.5) is 30.6 Å². The van der Waals surface area contributed by atoms with Crippen molar-refractivity contribution in [2.75, 3.05) is 10.2 Å². The van der Waals surface area contributed by atoms with Gasteiger partial charge in [0.25, 0.3) is 0 Å². The zero-order valence-corrected chi connectivity index (χ0v) is 15.6. The molecule has 7 heteroatoms. The largest absolute Gasteiger partial charge is 0.416 e. The van der Waals surface area contributed by atoms with E-state index in [0.717, 1.165) is 17.7 Å². The number of rotatable bonds is 6. The molecule has 28 heavy (non-hydrogen) atoms. The van der Waals surface area contributed by atoms with Crippen molar-refractivity contribution in [1.29, 1.82) is 0 Å². The normalized spacial score (nSPS) is 11.5. The van der Waals surface area contributed by atoms with Gasteiger partial charge in [0.1, 0.15) is 5.82 Å². The summed E-state index contributed by atoms with van der Waals surface area (Å²) in [6.07, 6.45) is -2.80. The van der Waals surface area contributed by atoms with E-state index in [4.69, 9.17) is 0 Å². The molecule has 0 amide bonds. The fraction of sp³-hybridized carbons (Fsp3) is 0.238. The lowest BCUT2D eigenvalue weighted by atomic mass is 10.2. The molecule has 0 unspecified atom stereocenters. The van der Waals surface area contributed by atoms with Gasteiger partial charge in [-0.1, -0.05) is 36.4 Å². The average Bonchev–Trinajstić information content (AvgIpc) is 2.66. The second-order valence-corrected chi connectivity index (χ2v) is 6.65. The predicted molar refractivity (Wildman–Crippen MR) is 105 cm³/mol. The lowest BCUT2D eigenvalue weighted by molar-refractivity contribution is -0.137. The van der Waals surface area contributed by atoms with Crippen LogP contribution in [-0.2, 0) is 12.7 Å². The Labute approximate surface area is 162 Å². The van der Waals surface area contributed by atoms with Crippen molar-refractivity contribution < 1.29 is 13.2 Å². The molecule has 1 N–H and O–H groups in total. The van der Waals surface area contributed by atoms with Gasteiger partial charge in [0.05, 0.1) is 5.56 Å². The summed E-state index contributed by atoms with van der Waals surface area (Å²) in [4.78, 5) is 10.8. The summed E-state index contributed by atoms with van der Waals surface area (Å²) >= 11 is 0. The summed E-state index contributed by atoms with van der Waals surface area (Å²) in [5.41, 5.74) is 0.704. The van der Waals surface area contributed by atoms with Crippen LogP contribution in [0.1, 0.15) is 25.0 Å². The summed E-state index contributed by atoms with van der Waals surface area (Å²) < 4.78 is 38.7. The van der Waals surface area contributed by atoms with Gasteiger partial charge >= 0.3 is 6.18 Å². The van der Waals surface area contributed by atoms with Crippen molar-refractivity contribution >= 4 is 17.5 Å². The van der Waals surface area contributed by atoms with Crippen molar-refractivity contribution in [1.82, 2.24) is 9.97 Å². The van der Waals surface area contributed by atoms with Crippen molar-refractivity contribution in [3.05, 3.63) is 78.0 Å². The number of nitrogens with zero attached hydrogens (tertiary/aromatic N) is 3. The first-order valence-electron chi connectivity index (χ1n) is 8.91. The lowest BCUT2D eigenvalue weighted by Gasteiger charge is -2.28. The van der Waals surface area contributed by atoms with Crippen LogP contribution in [0.15, 0.2) is 66.9 Å². The fourth-order valence-corrected chi connectivity index (χ4v) is 2.78. The molecule has 0 aliphatic rings. The van der Waals surface area contributed by atoms with Gasteiger partial charge in [0.15, 0.2) is 0 Å². The molecule has 0 radical (unpaired) electrons. The second-order valence-electron chi connectivity index (χ2n) is 6.65. The van der Waals surface area contributed by atoms with Gasteiger partial charge in [-0.05, 0) is 43.7 Å². The molecule has 0 spiro atoms. The number of alkyl halides is 3. The number of hydrogen-bond acceptors (Lipinski definition) is 4. The third-order valence-electron chi connectivity index (χ3n) is 4.20. The Morgan fingerprint density at radius 3 is 2.43 bits per heavy atom. The predicted octanol–water partition coefficient (Wildman–Crippen LogP) is 5.65. The summed E-state index contributed by atoms with van der Waals surface area (Å²) in [5.74, 6) is 0.943. The van der Waals surface area contributed by atoms with Crippen LogP contribution in [-0.4, -0.2) is 16.0 Å². The topological polar surface area (TPSA) is 41.1 Å². The molecule has 2 aromatic carbocycles. The molecular weight excluding hydrogens is 365 g/mol. The summed E-state index contributed by atoms with van der Waals surface area (Å²) in [6, 6.07) is 16.9. The first-order valence-corrected chi connectivity index (χ1v) is 8.91. The minimum atomic E-state index is -4.40. The van der Waals surface area contributed by atoms with Gasteiger partial charge in [-0.3, -0.25) is 0 Å². The molecule has 0 atom stereocenters. The second kappa shape index (κ2) is 8.29. The Balaban J connectivity index is 1.83. The van der Waals surface area contributed by atoms with E-state index >= 15 is 0 Å². The molecule has 0 bridgehead atoms. The van der Waals surface area contributed by atoms with Gasteiger partial charge in [-0.2, -0.15) is 18.2 Å². The van der Waals surface area contributed by atoms with Crippen LogP contribution in [0.3, 0.4) is 0 Å². The lowest BCUT2D eigenvalue weighted by Crippen LogP contribution is -2.31. The van der Waals surface area contributed by atoms with Crippen molar-refractivity contribution in [2.24, 2.45) is 0 Å². The smallest absolute Gasteiger partial charge is 0.350 e.